The molecule has 3 N–H and O–H groups in total. The summed E-state index contributed by atoms with van der Waals surface area (Å²) in [5.41, 5.74) is -0.364. The number of carbonyl (C=O) groups excluding carboxylic acids is 2. The molecule has 0 spiro atoms. The minimum atomic E-state index is -0.685. The van der Waals surface area contributed by atoms with Crippen LogP contribution in [0.2, 0.25) is 0 Å². The molecule has 0 saturated heterocycles. The lowest BCUT2D eigenvalue weighted by Gasteiger charge is -2.52. The minimum Gasteiger partial charge on any atom is -0.507 e. The fourth-order valence-corrected chi connectivity index (χ4v) is 5.36. The molecule has 140 valence electrons. The standard InChI is InChI=1S/C20H24O6/c1-19(2)12-7-11(22)14-15(20(12,3)5-4-13(19)23)17(25)18-10(16(14)24)6-9(8-21)26-18/h9,12,21,24-25H,4-8H2,1-3H3/t9-,12?,20+/m1/s1. The average molecular weight is 360 g/mol. The second-order valence-electron chi connectivity index (χ2n) is 8.62. The zero-order valence-electron chi connectivity index (χ0n) is 15.3. The van der Waals surface area contributed by atoms with Gasteiger partial charge in [-0.05, 0) is 12.3 Å². The second kappa shape index (κ2) is 5.22. The summed E-state index contributed by atoms with van der Waals surface area (Å²) in [5, 5.41) is 31.2. The number of phenols is 2. The van der Waals surface area contributed by atoms with Crippen LogP contribution >= 0.6 is 0 Å². The summed E-state index contributed by atoms with van der Waals surface area (Å²) in [6, 6.07) is 0. The van der Waals surface area contributed by atoms with E-state index in [1.807, 2.05) is 20.8 Å². The van der Waals surface area contributed by atoms with Gasteiger partial charge in [-0.15, -0.1) is 0 Å². The summed E-state index contributed by atoms with van der Waals surface area (Å²) in [5.74, 6) is -0.511. The van der Waals surface area contributed by atoms with Crippen molar-refractivity contribution in [1.29, 1.82) is 0 Å². The predicted octanol–water partition coefficient (Wildman–Crippen LogP) is 2.24. The van der Waals surface area contributed by atoms with Crippen molar-refractivity contribution in [2.75, 3.05) is 6.61 Å². The Morgan fingerprint density at radius 2 is 1.81 bits per heavy atom. The molecular weight excluding hydrogens is 336 g/mol. The molecule has 1 aliphatic heterocycles. The number of ether oxygens (including phenoxy) is 1. The minimum absolute atomic E-state index is 0.123. The Kier molecular flexibility index (Phi) is 3.48. The molecule has 26 heavy (non-hydrogen) atoms. The topological polar surface area (TPSA) is 104 Å². The SMILES string of the molecule is CC1(C)C(=O)CC[C@]2(C)c3c(O)c4c(c(O)c3C(=O)CC12)C[C@H](CO)O4. The molecule has 3 aliphatic rings. The van der Waals surface area contributed by atoms with Crippen molar-refractivity contribution >= 4 is 11.6 Å². The lowest BCUT2D eigenvalue weighted by atomic mass is 9.49. The molecule has 6 heteroatoms. The molecule has 0 amide bonds. The molecule has 3 atom stereocenters. The summed E-state index contributed by atoms with van der Waals surface area (Å²) < 4.78 is 5.63. The van der Waals surface area contributed by atoms with Crippen LogP contribution in [0.3, 0.4) is 0 Å². The Morgan fingerprint density at radius 1 is 1.12 bits per heavy atom. The molecule has 1 aromatic rings. The summed E-state index contributed by atoms with van der Waals surface area (Å²) in [7, 11) is 0. The molecular formula is C20H24O6. The summed E-state index contributed by atoms with van der Waals surface area (Å²) in [4.78, 5) is 25.4. The van der Waals surface area contributed by atoms with E-state index in [0.717, 1.165) is 0 Å². The lowest BCUT2D eigenvalue weighted by Crippen LogP contribution is -2.53. The first-order chi connectivity index (χ1) is 12.1. The van der Waals surface area contributed by atoms with Gasteiger partial charge in [-0.25, -0.2) is 0 Å². The van der Waals surface area contributed by atoms with Crippen LogP contribution in [0, 0.1) is 11.3 Å². The Hall–Kier alpha value is -2.08. The molecule has 6 nitrogen and oxygen atoms in total. The first-order valence-corrected chi connectivity index (χ1v) is 9.08. The highest BCUT2D eigenvalue weighted by molar-refractivity contribution is 6.05. The molecule has 0 radical (unpaired) electrons. The van der Waals surface area contributed by atoms with Crippen molar-refractivity contribution in [3.8, 4) is 17.2 Å². The molecule has 1 saturated carbocycles. The third-order valence-corrected chi connectivity index (χ3v) is 6.89. The summed E-state index contributed by atoms with van der Waals surface area (Å²) in [6.45, 7) is 5.44. The van der Waals surface area contributed by atoms with Gasteiger partial charge in [-0.3, -0.25) is 9.59 Å². The number of ketones is 2. The number of hydrogen-bond acceptors (Lipinski definition) is 6. The van der Waals surface area contributed by atoms with Crippen molar-refractivity contribution in [1.82, 2.24) is 0 Å². The molecule has 1 aromatic carbocycles. The van der Waals surface area contributed by atoms with Crippen LogP contribution in [-0.4, -0.2) is 39.6 Å². The zero-order chi connectivity index (χ0) is 19.0. The maximum absolute atomic E-state index is 12.9. The Morgan fingerprint density at radius 3 is 2.46 bits per heavy atom. The van der Waals surface area contributed by atoms with Crippen LogP contribution in [-0.2, 0) is 16.6 Å². The van der Waals surface area contributed by atoms with Gasteiger partial charge in [0, 0.05) is 41.2 Å². The predicted molar refractivity (Wildman–Crippen MR) is 92.8 cm³/mol. The molecule has 0 bridgehead atoms. The number of aliphatic hydroxyl groups excluding tert-OH is 1. The van der Waals surface area contributed by atoms with Crippen molar-refractivity contribution < 1.29 is 29.6 Å². The number of aliphatic hydroxyl groups is 1. The monoisotopic (exact) mass is 360 g/mol. The van der Waals surface area contributed by atoms with Gasteiger partial charge >= 0.3 is 0 Å². The van der Waals surface area contributed by atoms with Gasteiger partial charge in [0.05, 0.1) is 12.2 Å². The van der Waals surface area contributed by atoms with Crippen molar-refractivity contribution in [2.45, 2.75) is 58.0 Å². The highest BCUT2D eigenvalue weighted by atomic mass is 16.5. The van der Waals surface area contributed by atoms with E-state index in [0.29, 0.717) is 24.0 Å². The molecule has 1 unspecified atom stereocenters. The highest BCUT2D eigenvalue weighted by Gasteiger charge is 2.57. The normalized spacial score (nSPS) is 31.8. The maximum Gasteiger partial charge on any atom is 0.168 e. The van der Waals surface area contributed by atoms with Crippen LogP contribution in [0.15, 0.2) is 0 Å². The van der Waals surface area contributed by atoms with E-state index < -0.39 is 16.9 Å². The van der Waals surface area contributed by atoms with Gasteiger partial charge in [-0.2, -0.15) is 0 Å². The maximum atomic E-state index is 12.9. The quantitative estimate of drug-likeness (QED) is 0.664. The van der Waals surface area contributed by atoms with Crippen molar-refractivity contribution in [2.24, 2.45) is 11.3 Å². The zero-order valence-corrected chi connectivity index (χ0v) is 15.3. The number of carbonyl (C=O) groups is 2. The van der Waals surface area contributed by atoms with Crippen LogP contribution in [0.25, 0.3) is 0 Å². The fraction of sp³-hybridized carbons (Fsp3) is 0.600. The number of benzene rings is 1. The number of Topliss-reactive ketones (excluding diaryl/α,β-unsaturated/α-hetero) is 2. The first-order valence-electron chi connectivity index (χ1n) is 9.08. The highest BCUT2D eigenvalue weighted by Crippen LogP contribution is 2.61. The van der Waals surface area contributed by atoms with Crippen molar-refractivity contribution in [3.63, 3.8) is 0 Å². The Labute approximate surface area is 151 Å². The van der Waals surface area contributed by atoms with E-state index >= 15 is 0 Å². The summed E-state index contributed by atoms with van der Waals surface area (Å²) >= 11 is 0. The van der Waals surface area contributed by atoms with Gasteiger partial charge in [0.25, 0.3) is 0 Å². The van der Waals surface area contributed by atoms with E-state index in [-0.39, 0.29) is 59.7 Å². The molecule has 1 fully saturated rings. The van der Waals surface area contributed by atoms with Gasteiger partial charge in [0.2, 0.25) is 0 Å². The average Bonchev–Trinajstić information content (AvgIpc) is 3.03. The number of fused-ring (bicyclic) bond motifs is 4. The van der Waals surface area contributed by atoms with E-state index in [1.165, 1.54) is 0 Å². The molecule has 1 heterocycles. The van der Waals surface area contributed by atoms with Crippen LogP contribution < -0.4 is 4.74 Å². The van der Waals surface area contributed by atoms with Gasteiger partial charge < -0.3 is 20.1 Å². The number of phenolic OH excluding ortho intramolecular Hbond substituents is 2. The van der Waals surface area contributed by atoms with Gasteiger partial charge in [0.15, 0.2) is 17.3 Å². The van der Waals surface area contributed by atoms with Crippen molar-refractivity contribution in [3.05, 3.63) is 16.7 Å². The number of hydrogen-bond donors (Lipinski definition) is 3. The third kappa shape index (κ3) is 1.96. The molecule has 4 rings (SSSR count). The van der Waals surface area contributed by atoms with E-state index in [9.17, 15) is 24.9 Å². The van der Waals surface area contributed by atoms with Crippen LogP contribution in [0.1, 0.15) is 61.5 Å². The first kappa shape index (κ1) is 17.3. The Balaban J connectivity index is 1.98. The van der Waals surface area contributed by atoms with E-state index in [1.54, 1.807) is 0 Å². The Bertz CT molecular complexity index is 839. The van der Waals surface area contributed by atoms with Gasteiger partial charge in [-0.1, -0.05) is 20.8 Å². The number of aromatic hydroxyl groups is 2. The fourth-order valence-electron chi connectivity index (χ4n) is 5.36. The van der Waals surface area contributed by atoms with E-state index in [4.69, 9.17) is 4.74 Å². The van der Waals surface area contributed by atoms with Crippen LogP contribution in [0.5, 0.6) is 17.2 Å². The molecule has 2 aliphatic carbocycles. The van der Waals surface area contributed by atoms with E-state index in [2.05, 4.69) is 0 Å². The lowest BCUT2D eigenvalue weighted by molar-refractivity contribution is -0.136. The smallest absolute Gasteiger partial charge is 0.168 e. The summed E-state index contributed by atoms with van der Waals surface area (Å²) in [6.07, 6.45) is 0.739. The second-order valence-corrected chi connectivity index (χ2v) is 8.62. The van der Waals surface area contributed by atoms with Gasteiger partial charge in [0.1, 0.15) is 17.6 Å². The van der Waals surface area contributed by atoms with Crippen LogP contribution in [0.4, 0.5) is 0 Å². The number of rotatable bonds is 1. The molecule has 0 aromatic heterocycles. The largest absolute Gasteiger partial charge is 0.507 e. The third-order valence-electron chi connectivity index (χ3n) is 6.89.